The van der Waals surface area contributed by atoms with Crippen molar-refractivity contribution < 1.29 is 141 Å². The summed E-state index contributed by atoms with van der Waals surface area (Å²) in [6.45, 7) is 0. The van der Waals surface area contributed by atoms with Gasteiger partial charge < -0.3 is 21.9 Å². The Hall–Kier alpha value is 3.10. The molecule has 8 nitrogen and oxygen atoms in total. The van der Waals surface area contributed by atoms with E-state index in [-0.39, 0.29) is 111 Å². The van der Waals surface area contributed by atoms with E-state index in [1.165, 1.54) is 0 Å². The molecule has 0 spiro atoms. The van der Waals surface area contributed by atoms with Crippen molar-refractivity contribution in [2.75, 3.05) is 0 Å². The monoisotopic (exact) mass is 256 g/mol. The van der Waals surface area contributed by atoms with Crippen LogP contribution in [0.3, 0.4) is 0 Å². The van der Waals surface area contributed by atoms with Crippen LogP contribution in [0.15, 0.2) is 0 Å². The second-order valence-corrected chi connectivity index (χ2v) is 1.84. The molecule has 0 saturated carbocycles. The third kappa shape index (κ3) is 199. The second kappa shape index (κ2) is 29.2. The zero-order valence-corrected chi connectivity index (χ0v) is 14.5. The summed E-state index contributed by atoms with van der Waals surface area (Å²) in [6.07, 6.45) is 0. The Morgan fingerprint density at radius 2 is 0.667 bits per heavy atom. The summed E-state index contributed by atoms with van der Waals surface area (Å²) in [7, 11) is 0. The Morgan fingerprint density at radius 3 is 0.667 bits per heavy atom. The molecule has 0 saturated heterocycles. The average molecular weight is 256 g/mol. The van der Waals surface area contributed by atoms with Gasteiger partial charge in [0.1, 0.15) is 0 Å². The van der Waals surface area contributed by atoms with E-state index >= 15 is 0 Å². The molecular weight excluding hydrogens is 248 g/mol. The molecule has 0 atom stereocenters. The van der Waals surface area contributed by atoms with Crippen LogP contribution in [0, 0.1) is 0 Å². The molecule has 0 aromatic heterocycles. The molecule has 0 aliphatic rings. The van der Waals surface area contributed by atoms with Crippen LogP contribution in [-0.4, -0.2) is 21.9 Å². The Bertz CT molecular complexity index is 60.4. The van der Waals surface area contributed by atoms with Gasteiger partial charge in [-0.25, -0.2) is 0 Å². The van der Waals surface area contributed by atoms with E-state index in [1.54, 1.807) is 0 Å². The summed E-state index contributed by atoms with van der Waals surface area (Å²) in [5, 5.41) is 0. The fourth-order valence-electron chi connectivity index (χ4n) is 0. The van der Waals surface area contributed by atoms with Gasteiger partial charge in [-0.3, -0.25) is 0 Å². The summed E-state index contributed by atoms with van der Waals surface area (Å²) in [5.74, 6) is 0. The van der Waals surface area contributed by atoms with Gasteiger partial charge in [0.2, 0.25) is 0 Å². The Kier molecular flexibility index (Phi) is 145. The van der Waals surface area contributed by atoms with E-state index < -0.39 is 15.0 Å². The van der Waals surface area contributed by atoms with E-state index in [0.717, 1.165) is 0 Å². The topological polar surface area (TPSA) is 212 Å². The number of hydrogen-bond donors (Lipinski definition) is 0. The van der Waals surface area contributed by atoms with E-state index in [4.69, 9.17) is 15.8 Å². The quantitative estimate of drug-likeness (QED) is 0.385. The van der Waals surface area contributed by atoms with Crippen LogP contribution in [0.25, 0.3) is 0 Å². The van der Waals surface area contributed by atoms with Crippen LogP contribution in [0.1, 0.15) is 0 Å². The molecule has 12 heavy (non-hydrogen) atoms. The molecule has 64 valence electrons. The second-order valence-electron chi connectivity index (χ2n) is 0.447. The maximum atomic E-state index is 8.61. The van der Waals surface area contributed by atoms with Crippen LogP contribution in [0.4, 0.5) is 0 Å². The molecule has 0 aliphatic heterocycles. The summed E-state index contributed by atoms with van der Waals surface area (Å²) < 4.78 is 34.4. The van der Waals surface area contributed by atoms with Crippen molar-refractivity contribution >= 4 is 0 Å². The molecule has 0 aliphatic carbocycles. The molecule has 0 aromatic carbocycles. The third-order valence-corrected chi connectivity index (χ3v) is 0. The van der Waals surface area contributed by atoms with Gasteiger partial charge in [-0.05, 0) is 0 Å². The number of hydrogen-bond acceptors (Lipinski definition) is 4. The molecular formula is H8Na3O8V. The minimum atomic E-state index is -5.88. The van der Waals surface area contributed by atoms with Gasteiger partial charge in [0.05, 0.1) is 0 Å². The normalized spacial score (nSPS) is 4.92. The van der Waals surface area contributed by atoms with Crippen molar-refractivity contribution in [3.05, 3.63) is 0 Å². The molecule has 0 unspecified atom stereocenters. The molecule has 0 radical (unpaired) electrons. The minimum absolute atomic E-state index is 0. The molecule has 0 aromatic rings. The van der Waals surface area contributed by atoms with Crippen molar-refractivity contribution in [2.45, 2.75) is 0 Å². The van der Waals surface area contributed by atoms with E-state index in [1.807, 2.05) is 0 Å². The van der Waals surface area contributed by atoms with Crippen molar-refractivity contribution in [3.63, 3.8) is 0 Å². The molecule has 0 amide bonds. The Labute approximate surface area is 139 Å². The fourth-order valence-corrected chi connectivity index (χ4v) is 0. The average Bonchev–Trinajstić information content (AvgIpc) is 0.722. The van der Waals surface area contributed by atoms with E-state index in [2.05, 4.69) is 0 Å². The summed E-state index contributed by atoms with van der Waals surface area (Å²) in [6, 6.07) is 0. The van der Waals surface area contributed by atoms with Gasteiger partial charge in [0, 0.05) is 0 Å². The first kappa shape index (κ1) is 59.5. The van der Waals surface area contributed by atoms with Gasteiger partial charge in [-0.15, -0.1) is 0 Å². The maximum absolute atomic E-state index is 8.61. The van der Waals surface area contributed by atoms with Gasteiger partial charge in [0.15, 0.2) is 0 Å². The van der Waals surface area contributed by atoms with Crippen LogP contribution in [-0.2, 0) is 18.7 Å². The van der Waals surface area contributed by atoms with Gasteiger partial charge in [0.25, 0.3) is 0 Å². The molecule has 8 N–H and O–H groups in total. The van der Waals surface area contributed by atoms with Crippen molar-refractivity contribution in [3.8, 4) is 0 Å². The predicted molar refractivity (Wildman–Crippen MR) is 15.1 cm³/mol. The van der Waals surface area contributed by atoms with Crippen molar-refractivity contribution in [1.82, 2.24) is 0 Å². The third-order valence-electron chi connectivity index (χ3n) is 0. The molecule has 0 fully saturated rings. The first-order valence-electron chi connectivity index (χ1n) is 0.730. The molecule has 12 heteroatoms. The summed E-state index contributed by atoms with van der Waals surface area (Å²) >= 11 is -5.88. The van der Waals surface area contributed by atoms with Crippen molar-refractivity contribution in [2.24, 2.45) is 0 Å². The zero-order valence-electron chi connectivity index (χ0n) is 7.08. The van der Waals surface area contributed by atoms with Crippen LogP contribution >= 0.6 is 0 Å². The van der Waals surface area contributed by atoms with Crippen LogP contribution in [0.2, 0.25) is 0 Å². The summed E-state index contributed by atoms with van der Waals surface area (Å²) in [4.78, 5) is 0. The van der Waals surface area contributed by atoms with Gasteiger partial charge >= 0.3 is 119 Å². The van der Waals surface area contributed by atoms with Crippen LogP contribution < -0.4 is 101 Å². The van der Waals surface area contributed by atoms with E-state index in [9.17, 15) is 0 Å². The van der Waals surface area contributed by atoms with E-state index in [0.29, 0.717) is 0 Å². The Balaban J connectivity index is -0.00000000381. The first-order valence-corrected chi connectivity index (χ1v) is 3.01. The molecule has 0 bridgehead atoms. The number of rotatable bonds is 0. The zero-order chi connectivity index (χ0) is 4.50. The standard InChI is InChI=1S/3Na.4H2O.4O.V/h;;;4*1H2;;;;;/q3*+1;;;;;;3*-1;. The van der Waals surface area contributed by atoms with Crippen LogP contribution in [0.5, 0.6) is 0 Å². The predicted octanol–water partition coefficient (Wildman–Crippen LogP) is -16.0. The van der Waals surface area contributed by atoms with Crippen molar-refractivity contribution in [1.29, 1.82) is 0 Å². The Morgan fingerprint density at radius 1 is 0.667 bits per heavy atom. The molecule has 0 rings (SSSR count). The molecule has 0 heterocycles. The fraction of sp³-hybridized carbons (Fsp3) is 0. The van der Waals surface area contributed by atoms with Gasteiger partial charge in [-0.1, -0.05) is 0 Å². The van der Waals surface area contributed by atoms with Gasteiger partial charge in [-0.2, -0.15) is 0 Å². The SMILES string of the molecule is O.O.O.O.[Na+].[Na+].[Na+].[O]=[V]([O-])([O-])[O-]. The first-order chi connectivity index (χ1) is 2.00. The summed E-state index contributed by atoms with van der Waals surface area (Å²) in [5.41, 5.74) is 0.